The van der Waals surface area contributed by atoms with Crippen LogP contribution in [0.1, 0.15) is 16.7 Å². The molecule has 0 amide bonds. The Morgan fingerprint density at radius 3 is 2.70 bits per heavy atom. The van der Waals surface area contributed by atoms with Crippen molar-refractivity contribution in [1.29, 1.82) is 0 Å². The van der Waals surface area contributed by atoms with E-state index >= 15 is 0 Å². The second kappa shape index (κ2) is 8.39. The first-order chi connectivity index (χ1) is 14.5. The van der Waals surface area contributed by atoms with Gasteiger partial charge in [-0.25, -0.2) is 4.39 Å². The highest BCUT2D eigenvalue weighted by atomic mass is 19.1. The molecule has 0 saturated carbocycles. The van der Waals surface area contributed by atoms with Crippen LogP contribution in [-0.4, -0.2) is 11.1 Å². The fraction of sp³-hybridized carbons (Fsp3) is 0.125. The molecule has 0 aliphatic rings. The lowest BCUT2D eigenvalue weighted by molar-refractivity contribution is -0.136. The molecule has 0 bridgehead atoms. The van der Waals surface area contributed by atoms with Crippen molar-refractivity contribution in [3.63, 3.8) is 0 Å². The van der Waals surface area contributed by atoms with E-state index in [-0.39, 0.29) is 25.4 Å². The lowest BCUT2D eigenvalue weighted by atomic mass is 9.98. The molecular formula is C24H20FNO4. The summed E-state index contributed by atoms with van der Waals surface area (Å²) in [6.07, 6.45) is 1.49. The minimum atomic E-state index is -0.917. The smallest absolute Gasteiger partial charge is 0.307 e. The maximum Gasteiger partial charge on any atom is 0.307 e. The van der Waals surface area contributed by atoms with Gasteiger partial charge in [-0.05, 0) is 47.5 Å². The van der Waals surface area contributed by atoms with E-state index in [9.17, 15) is 9.18 Å². The number of furan rings is 1. The van der Waals surface area contributed by atoms with E-state index in [1.54, 1.807) is 42.7 Å². The molecule has 3 aromatic carbocycles. The summed E-state index contributed by atoms with van der Waals surface area (Å²) >= 11 is 0. The van der Waals surface area contributed by atoms with Crippen molar-refractivity contribution in [2.75, 3.05) is 0 Å². The van der Waals surface area contributed by atoms with Gasteiger partial charge in [-0.15, -0.1) is 0 Å². The van der Waals surface area contributed by atoms with Crippen molar-refractivity contribution < 1.29 is 23.4 Å². The van der Waals surface area contributed by atoms with Gasteiger partial charge in [0, 0.05) is 28.6 Å². The quantitative estimate of drug-likeness (QED) is 0.457. The molecule has 0 spiro atoms. The monoisotopic (exact) mass is 405 g/mol. The first kappa shape index (κ1) is 19.7. The average molecular weight is 405 g/mol. The second-order valence-electron chi connectivity index (χ2n) is 6.96. The molecular weight excluding hydrogens is 385 g/mol. The molecule has 3 N–H and O–H groups in total. The maximum absolute atomic E-state index is 13.9. The Hall–Kier alpha value is -3.64. The van der Waals surface area contributed by atoms with Gasteiger partial charge in [0.05, 0.1) is 12.7 Å². The number of hydrogen-bond donors (Lipinski definition) is 2. The number of ether oxygens (including phenoxy) is 1. The van der Waals surface area contributed by atoms with Crippen LogP contribution in [-0.2, 0) is 24.4 Å². The summed E-state index contributed by atoms with van der Waals surface area (Å²) < 4.78 is 25.5. The van der Waals surface area contributed by atoms with Gasteiger partial charge in [-0.2, -0.15) is 0 Å². The van der Waals surface area contributed by atoms with E-state index in [0.717, 1.165) is 22.1 Å². The average Bonchev–Trinajstić information content (AvgIpc) is 3.21. The van der Waals surface area contributed by atoms with Crippen molar-refractivity contribution in [3.8, 4) is 16.9 Å². The van der Waals surface area contributed by atoms with Crippen LogP contribution in [0.3, 0.4) is 0 Å². The van der Waals surface area contributed by atoms with Crippen LogP contribution in [0.5, 0.6) is 5.75 Å². The van der Waals surface area contributed by atoms with Gasteiger partial charge >= 0.3 is 5.97 Å². The predicted octanol–water partition coefficient (Wildman–Crippen LogP) is 4.90. The number of rotatable bonds is 7. The number of carboxylic acid groups (broad SMARTS) is 1. The molecule has 4 aromatic rings. The van der Waals surface area contributed by atoms with Crippen LogP contribution in [0.25, 0.3) is 22.1 Å². The molecule has 0 atom stereocenters. The zero-order chi connectivity index (χ0) is 21.1. The molecule has 4 rings (SSSR count). The fourth-order valence-corrected chi connectivity index (χ4v) is 3.46. The predicted molar refractivity (Wildman–Crippen MR) is 112 cm³/mol. The highest BCUT2D eigenvalue weighted by molar-refractivity contribution is 5.93. The van der Waals surface area contributed by atoms with Crippen LogP contribution >= 0.6 is 0 Å². The van der Waals surface area contributed by atoms with Gasteiger partial charge in [0.2, 0.25) is 0 Å². The molecule has 0 fully saturated rings. The number of aliphatic carboxylic acids is 1. The zero-order valence-electron chi connectivity index (χ0n) is 16.1. The third-order valence-electron chi connectivity index (χ3n) is 4.90. The Labute approximate surface area is 172 Å². The molecule has 30 heavy (non-hydrogen) atoms. The molecule has 6 heteroatoms. The van der Waals surface area contributed by atoms with Crippen LogP contribution in [0, 0.1) is 5.82 Å². The summed E-state index contributed by atoms with van der Waals surface area (Å²) in [6.45, 7) is 0.347. The van der Waals surface area contributed by atoms with Crippen LogP contribution in [0.2, 0.25) is 0 Å². The molecule has 1 heterocycles. The molecule has 5 nitrogen and oxygen atoms in total. The number of nitrogens with two attached hydrogens (primary N) is 1. The van der Waals surface area contributed by atoms with Crippen molar-refractivity contribution in [3.05, 3.63) is 89.4 Å². The van der Waals surface area contributed by atoms with Gasteiger partial charge < -0.3 is 20.0 Å². The fourth-order valence-electron chi connectivity index (χ4n) is 3.46. The molecule has 152 valence electrons. The Balaban J connectivity index is 1.68. The van der Waals surface area contributed by atoms with Crippen LogP contribution in [0.15, 0.2) is 71.3 Å². The summed E-state index contributed by atoms with van der Waals surface area (Å²) in [5, 5.41) is 9.99. The summed E-state index contributed by atoms with van der Waals surface area (Å²) in [4.78, 5) is 11.1. The summed E-state index contributed by atoms with van der Waals surface area (Å²) in [5.41, 5.74) is 9.87. The van der Waals surface area contributed by atoms with E-state index in [1.165, 1.54) is 6.07 Å². The van der Waals surface area contributed by atoms with Gasteiger partial charge in [0.15, 0.2) is 0 Å². The highest BCUT2D eigenvalue weighted by Crippen LogP contribution is 2.32. The van der Waals surface area contributed by atoms with Crippen molar-refractivity contribution in [2.45, 2.75) is 19.6 Å². The minimum Gasteiger partial charge on any atom is -0.489 e. The number of benzene rings is 3. The Bertz CT molecular complexity index is 1220. The SMILES string of the molecule is NCc1cc(-c2cc(COc3ccccc3CC(=O)O)cc3ccoc23)ccc1F. The van der Waals surface area contributed by atoms with E-state index in [4.69, 9.17) is 20.0 Å². The lowest BCUT2D eigenvalue weighted by Gasteiger charge is -2.12. The van der Waals surface area contributed by atoms with Crippen LogP contribution in [0.4, 0.5) is 4.39 Å². The zero-order valence-corrected chi connectivity index (χ0v) is 16.1. The van der Waals surface area contributed by atoms with Gasteiger partial charge in [-0.3, -0.25) is 4.79 Å². The van der Waals surface area contributed by atoms with E-state index in [1.807, 2.05) is 18.2 Å². The Morgan fingerprint density at radius 2 is 1.90 bits per heavy atom. The number of carbonyl (C=O) groups is 1. The van der Waals surface area contributed by atoms with E-state index in [0.29, 0.717) is 22.5 Å². The van der Waals surface area contributed by atoms with E-state index in [2.05, 4.69) is 0 Å². The first-order valence-electron chi connectivity index (χ1n) is 9.46. The largest absolute Gasteiger partial charge is 0.489 e. The van der Waals surface area contributed by atoms with Gasteiger partial charge in [0.1, 0.15) is 23.8 Å². The summed E-state index contributed by atoms with van der Waals surface area (Å²) in [6, 6.07) is 17.6. The Kier molecular flexibility index (Phi) is 5.50. The third-order valence-corrected chi connectivity index (χ3v) is 4.90. The minimum absolute atomic E-state index is 0.101. The first-order valence-corrected chi connectivity index (χ1v) is 9.46. The maximum atomic E-state index is 13.9. The van der Waals surface area contributed by atoms with Gasteiger partial charge in [0.25, 0.3) is 0 Å². The summed E-state index contributed by atoms with van der Waals surface area (Å²) in [7, 11) is 0. The van der Waals surface area contributed by atoms with Crippen molar-refractivity contribution >= 4 is 16.9 Å². The van der Waals surface area contributed by atoms with Gasteiger partial charge in [-0.1, -0.05) is 24.3 Å². The standard InChI is InChI=1S/C24H20FNO4/c25-21-6-5-16(11-19(21)13-26)20-10-15(9-18-7-8-29-24(18)20)14-30-22-4-2-1-3-17(22)12-23(27)28/h1-11H,12-14,26H2,(H,27,28). The van der Waals surface area contributed by atoms with E-state index < -0.39 is 5.97 Å². The summed E-state index contributed by atoms with van der Waals surface area (Å²) in [5.74, 6) is -0.729. The Morgan fingerprint density at radius 1 is 1.07 bits per heavy atom. The number of fused-ring (bicyclic) bond motifs is 1. The molecule has 0 aliphatic heterocycles. The molecule has 0 saturated heterocycles. The number of halogens is 1. The third kappa shape index (κ3) is 4.04. The second-order valence-corrected chi connectivity index (χ2v) is 6.96. The normalized spacial score (nSPS) is 11.0. The lowest BCUT2D eigenvalue weighted by Crippen LogP contribution is -2.04. The number of hydrogen-bond acceptors (Lipinski definition) is 4. The number of para-hydroxylation sites is 1. The number of carboxylic acids is 1. The van der Waals surface area contributed by atoms with Crippen LogP contribution < -0.4 is 10.5 Å². The van der Waals surface area contributed by atoms with Crippen molar-refractivity contribution in [2.24, 2.45) is 5.73 Å². The highest BCUT2D eigenvalue weighted by Gasteiger charge is 2.13. The molecule has 0 aliphatic carbocycles. The van der Waals surface area contributed by atoms with Crippen molar-refractivity contribution in [1.82, 2.24) is 0 Å². The molecule has 1 aromatic heterocycles. The molecule has 0 radical (unpaired) electrons. The molecule has 0 unspecified atom stereocenters. The topological polar surface area (TPSA) is 85.7 Å².